The van der Waals surface area contributed by atoms with E-state index in [2.05, 4.69) is 0 Å². The summed E-state index contributed by atoms with van der Waals surface area (Å²) in [5.41, 5.74) is -1.20. The summed E-state index contributed by atoms with van der Waals surface area (Å²) >= 11 is 0. The highest BCUT2D eigenvalue weighted by Gasteiger charge is 2.50. The molecule has 1 rings (SSSR count). The van der Waals surface area contributed by atoms with Gasteiger partial charge in [-0.05, 0) is 39.5 Å². The van der Waals surface area contributed by atoms with Crippen LogP contribution in [0.4, 0.5) is 0 Å². The van der Waals surface area contributed by atoms with Crippen LogP contribution in [0.3, 0.4) is 0 Å². The summed E-state index contributed by atoms with van der Waals surface area (Å²) in [4.78, 5) is 23.9. The van der Waals surface area contributed by atoms with Gasteiger partial charge in [0, 0.05) is 0 Å². The summed E-state index contributed by atoms with van der Waals surface area (Å²) < 4.78 is 9.93. The van der Waals surface area contributed by atoms with Crippen molar-refractivity contribution in [1.29, 1.82) is 0 Å². The molecule has 1 aliphatic rings. The van der Waals surface area contributed by atoms with Crippen molar-refractivity contribution in [3.05, 3.63) is 0 Å². The topological polar surface area (TPSA) is 72.8 Å². The summed E-state index contributed by atoms with van der Waals surface area (Å²) in [5.74, 6) is -1.05. The van der Waals surface area contributed by atoms with E-state index in [1.165, 1.54) is 0 Å². The molecule has 0 unspecified atom stereocenters. The van der Waals surface area contributed by atoms with E-state index in [1.807, 2.05) is 0 Å². The van der Waals surface area contributed by atoms with Crippen LogP contribution in [0.1, 0.15) is 39.5 Å². The van der Waals surface area contributed by atoms with Crippen LogP contribution in [0.2, 0.25) is 0 Å². The Morgan fingerprint density at radius 2 is 1.53 bits per heavy atom. The van der Waals surface area contributed by atoms with Gasteiger partial charge in [-0.2, -0.15) is 0 Å². The first-order valence-corrected chi connectivity index (χ1v) is 6.09. The second-order valence-corrected chi connectivity index (χ2v) is 4.25. The van der Waals surface area contributed by atoms with Crippen molar-refractivity contribution in [2.75, 3.05) is 13.2 Å². The molecule has 98 valence electrons. The normalized spacial score (nSPS) is 19.7. The molecule has 0 bridgehead atoms. The third kappa shape index (κ3) is 2.97. The Labute approximate surface area is 101 Å². The van der Waals surface area contributed by atoms with Gasteiger partial charge in [0.2, 0.25) is 0 Å². The van der Waals surface area contributed by atoms with Gasteiger partial charge in [0.1, 0.15) is 0 Å². The van der Waals surface area contributed by atoms with Crippen LogP contribution in [-0.4, -0.2) is 36.4 Å². The Balaban J connectivity index is 2.84. The van der Waals surface area contributed by atoms with E-state index in [0.717, 1.165) is 0 Å². The maximum absolute atomic E-state index is 11.9. The molecular weight excluding hydrogens is 224 g/mol. The van der Waals surface area contributed by atoms with Crippen molar-refractivity contribution in [3.8, 4) is 0 Å². The lowest BCUT2D eigenvalue weighted by Crippen LogP contribution is -2.45. The molecule has 1 N–H and O–H groups in total. The average molecular weight is 244 g/mol. The maximum atomic E-state index is 11.9. The van der Waals surface area contributed by atoms with E-state index in [0.29, 0.717) is 25.7 Å². The predicted molar refractivity (Wildman–Crippen MR) is 60.2 cm³/mol. The van der Waals surface area contributed by atoms with Gasteiger partial charge in [0.15, 0.2) is 5.41 Å². The van der Waals surface area contributed by atoms with Gasteiger partial charge in [0.05, 0.1) is 19.3 Å². The third-order valence-electron chi connectivity index (χ3n) is 3.14. The van der Waals surface area contributed by atoms with E-state index >= 15 is 0 Å². The van der Waals surface area contributed by atoms with E-state index in [-0.39, 0.29) is 13.2 Å². The number of rotatable bonds is 4. The molecule has 1 saturated carbocycles. The summed E-state index contributed by atoms with van der Waals surface area (Å²) in [7, 11) is 0. The number of esters is 2. The minimum Gasteiger partial charge on any atom is -0.465 e. The molecule has 0 aromatic rings. The first kappa shape index (κ1) is 14.0. The molecule has 1 aliphatic carbocycles. The lowest BCUT2D eigenvalue weighted by Gasteiger charge is -2.34. The van der Waals surface area contributed by atoms with Crippen LogP contribution in [0.5, 0.6) is 0 Å². The quantitative estimate of drug-likeness (QED) is 0.590. The smallest absolute Gasteiger partial charge is 0.323 e. The molecule has 0 aromatic carbocycles. The Bertz CT molecular complexity index is 259. The number of aliphatic hydroxyl groups is 1. The lowest BCUT2D eigenvalue weighted by molar-refractivity contribution is -0.176. The largest absolute Gasteiger partial charge is 0.465 e. The van der Waals surface area contributed by atoms with Crippen LogP contribution in [0, 0.1) is 5.41 Å². The molecule has 0 saturated heterocycles. The van der Waals surface area contributed by atoms with Crippen molar-refractivity contribution in [1.82, 2.24) is 0 Å². The Hall–Kier alpha value is -1.10. The molecule has 5 heteroatoms. The van der Waals surface area contributed by atoms with Gasteiger partial charge < -0.3 is 14.6 Å². The molecule has 17 heavy (non-hydrogen) atoms. The number of carbonyl (C=O) groups is 2. The number of aliphatic hydroxyl groups excluding tert-OH is 1. The van der Waals surface area contributed by atoms with Crippen molar-refractivity contribution in [2.45, 2.75) is 45.6 Å². The summed E-state index contributed by atoms with van der Waals surface area (Å²) in [6.45, 7) is 3.88. The van der Waals surface area contributed by atoms with Crippen LogP contribution in [0.15, 0.2) is 0 Å². The predicted octanol–water partition coefficient (Wildman–Crippen LogP) is 1.03. The Kier molecular flexibility index (Phi) is 4.93. The highest BCUT2D eigenvalue weighted by atomic mass is 16.6. The van der Waals surface area contributed by atoms with Crippen molar-refractivity contribution < 1.29 is 24.2 Å². The van der Waals surface area contributed by atoms with E-state index in [4.69, 9.17) is 9.47 Å². The molecule has 0 spiro atoms. The van der Waals surface area contributed by atoms with Gasteiger partial charge in [-0.15, -0.1) is 0 Å². The number of ether oxygens (including phenoxy) is 2. The lowest BCUT2D eigenvalue weighted by atomic mass is 9.73. The van der Waals surface area contributed by atoms with Gasteiger partial charge in [-0.25, -0.2) is 0 Å². The molecule has 1 fully saturated rings. The molecule has 0 radical (unpaired) electrons. The molecule has 5 nitrogen and oxygen atoms in total. The molecular formula is C12H20O5. The third-order valence-corrected chi connectivity index (χ3v) is 3.14. The van der Waals surface area contributed by atoms with E-state index in [1.54, 1.807) is 13.8 Å². The highest BCUT2D eigenvalue weighted by molar-refractivity contribution is 6.00. The monoisotopic (exact) mass is 244 g/mol. The zero-order valence-corrected chi connectivity index (χ0v) is 10.4. The van der Waals surface area contributed by atoms with Crippen molar-refractivity contribution >= 4 is 11.9 Å². The summed E-state index contributed by atoms with van der Waals surface area (Å²) in [6, 6.07) is 0. The van der Waals surface area contributed by atoms with Crippen LogP contribution >= 0.6 is 0 Å². The molecule has 0 aromatic heterocycles. The van der Waals surface area contributed by atoms with Crippen molar-refractivity contribution in [3.63, 3.8) is 0 Å². The van der Waals surface area contributed by atoms with Gasteiger partial charge in [-0.1, -0.05) is 0 Å². The van der Waals surface area contributed by atoms with E-state index < -0.39 is 23.5 Å². The van der Waals surface area contributed by atoms with Gasteiger partial charge in [0.25, 0.3) is 0 Å². The van der Waals surface area contributed by atoms with Crippen molar-refractivity contribution in [2.24, 2.45) is 5.41 Å². The number of hydrogen-bond donors (Lipinski definition) is 1. The minimum absolute atomic E-state index is 0.239. The zero-order valence-electron chi connectivity index (χ0n) is 10.4. The molecule has 0 atom stereocenters. The number of carbonyl (C=O) groups excluding carboxylic acids is 2. The summed E-state index contributed by atoms with van der Waals surface area (Å²) in [5, 5.41) is 9.46. The van der Waals surface area contributed by atoms with E-state index in [9.17, 15) is 14.7 Å². The Morgan fingerprint density at radius 1 is 1.12 bits per heavy atom. The minimum atomic E-state index is -1.20. The second kappa shape index (κ2) is 6.00. The Morgan fingerprint density at radius 3 is 1.88 bits per heavy atom. The van der Waals surface area contributed by atoms with Crippen LogP contribution < -0.4 is 0 Å². The fourth-order valence-corrected chi connectivity index (χ4v) is 2.13. The van der Waals surface area contributed by atoms with Crippen LogP contribution in [0.25, 0.3) is 0 Å². The standard InChI is InChI=1S/C12H20O5/c1-3-16-10(14)12(11(15)17-4-2)7-5-9(13)6-8-12/h9,13H,3-8H2,1-2H3. The number of hydrogen-bond acceptors (Lipinski definition) is 5. The zero-order chi connectivity index (χ0) is 12.9. The average Bonchev–Trinajstić information content (AvgIpc) is 2.31. The first-order valence-electron chi connectivity index (χ1n) is 6.09. The van der Waals surface area contributed by atoms with Crippen LogP contribution in [-0.2, 0) is 19.1 Å². The first-order chi connectivity index (χ1) is 8.06. The molecule has 0 amide bonds. The fraction of sp³-hybridized carbons (Fsp3) is 0.833. The summed E-state index contributed by atoms with van der Waals surface area (Å²) in [6.07, 6.45) is 1.01. The highest BCUT2D eigenvalue weighted by Crippen LogP contribution is 2.38. The fourth-order valence-electron chi connectivity index (χ4n) is 2.13. The molecule has 0 aliphatic heterocycles. The van der Waals surface area contributed by atoms with Gasteiger partial charge in [-0.3, -0.25) is 9.59 Å². The second-order valence-electron chi connectivity index (χ2n) is 4.25. The maximum Gasteiger partial charge on any atom is 0.323 e. The van der Waals surface area contributed by atoms with Gasteiger partial charge >= 0.3 is 11.9 Å². The SMILES string of the molecule is CCOC(=O)C1(C(=O)OCC)CCC(O)CC1. The molecule has 0 heterocycles.